The lowest BCUT2D eigenvalue weighted by atomic mass is 10.0. The van der Waals surface area contributed by atoms with Crippen molar-refractivity contribution in [1.82, 2.24) is 15.5 Å². The van der Waals surface area contributed by atoms with Crippen LogP contribution in [0.3, 0.4) is 0 Å². The summed E-state index contributed by atoms with van der Waals surface area (Å²) >= 11 is 1.75. The molecule has 0 bridgehead atoms. The summed E-state index contributed by atoms with van der Waals surface area (Å²) in [5.41, 5.74) is 1.39. The molecule has 0 aliphatic heterocycles. The van der Waals surface area contributed by atoms with Crippen LogP contribution in [0.5, 0.6) is 0 Å². The smallest absolute Gasteiger partial charge is 0.191 e. The van der Waals surface area contributed by atoms with E-state index in [1.54, 1.807) is 11.3 Å². The van der Waals surface area contributed by atoms with Crippen LogP contribution < -0.4 is 10.6 Å². The van der Waals surface area contributed by atoms with Crippen LogP contribution in [0.1, 0.15) is 38.7 Å². The molecule has 2 N–H and O–H groups in total. The Morgan fingerprint density at radius 1 is 1.22 bits per heavy atom. The van der Waals surface area contributed by atoms with Crippen molar-refractivity contribution in [3.05, 3.63) is 22.4 Å². The molecule has 0 aliphatic rings. The summed E-state index contributed by atoms with van der Waals surface area (Å²) in [6, 6.07) is 2.71. The number of hydrogen-bond donors (Lipinski definition) is 2. The van der Waals surface area contributed by atoms with Crippen molar-refractivity contribution >= 4 is 41.3 Å². The number of guanidine groups is 1. The van der Waals surface area contributed by atoms with Crippen molar-refractivity contribution in [3.63, 3.8) is 0 Å². The van der Waals surface area contributed by atoms with Crippen LogP contribution >= 0.6 is 35.3 Å². The first kappa shape index (κ1) is 22.7. The zero-order valence-corrected chi connectivity index (χ0v) is 18.4. The van der Waals surface area contributed by atoms with Crippen molar-refractivity contribution in [2.45, 2.75) is 39.2 Å². The van der Waals surface area contributed by atoms with E-state index in [1.165, 1.54) is 12.0 Å². The van der Waals surface area contributed by atoms with Gasteiger partial charge in [0.2, 0.25) is 0 Å². The summed E-state index contributed by atoms with van der Waals surface area (Å²) in [5.74, 6) is 2.07. The summed E-state index contributed by atoms with van der Waals surface area (Å²) in [4.78, 5) is 6.62. The predicted molar refractivity (Wildman–Crippen MR) is 114 cm³/mol. The van der Waals surface area contributed by atoms with Crippen LogP contribution in [0, 0.1) is 5.92 Å². The average Bonchev–Trinajstić information content (AvgIpc) is 2.99. The summed E-state index contributed by atoms with van der Waals surface area (Å²) in [6.45, 7) is 8.59. The maximum absolute atomic E-state index is 4.33. The summed E-state index contributed by atoms with van der Waals surface area (Å²) in [7, 11) is 6.12. The Balaban J connectivity index is 0.00000484. The van der Waals surface area contributed by atoms with Crippen molar-refractivity contribution < 1.29 is 0 Å². The monoisotopic (exact) mass is 452 g/mol. The first-order valence-electron chi connectivity index (χ1n) is 8.07. The van der Waals surface area contributed by atoms with E-state index in [4.69, 9.17) is 0 Å². The molecule has 0 aliphatic carbocycles. The molecule has 1 heterocycles. The lowest BCUT2D eigenvalue weighted by Crippen LogP contribution is -2.46. The van der Waals surface area contributed by atoms with E-state index >= 15 is 0 Å². The van der Waals surface area contributed by atoms with E-state index in [0.29, 0.717) is 17.9 Å². The van der Waals surface area contributed by atoms with Crippen molar-refractivity contribution in [2.24, 2.45) is 10.9 Å². The highest BCUT2D eigenvalue weighted by Gasteiger charge is 2.14. The standard InChI is InChI=1S/C17H32N4S.HI/c1-13(2)9-16(21(5)6)11-20-17(18-4)19-10-14(3)15-7-8-22-12-15;/h7-8,12-14,16H,9-11H2,1-6H3,(H2,18,19,20);1H. The highest BCUT2D eigenvalue weighted by molar-refractivity contribution is 14.0. The van der Waals surface area contributed by atoms with Gasteiger partial charge in [0.25, 0.3) is 0 Å². The molecule has 0 saturated heterocycles. The topological polar surface area (TPSA) is 39.7 Å². The van der Waals surface area contributed by atoms with Gasteiger partial charge in [-0.3, -0.25) is 4.99 Å². The molecule has 4 nitrogen and oxygen atoms in total. The first-order chi connectivity index (χ1) is 10.4. The lowest BCUT2D eigenvalue weighted by molar-refractivity contribution is 0.254. The number of nitrogens with zero attached hydrogens (tertiary/aromatic N) is 2. The van der Waals surface area contributed by atoms with Crippen LogP contribution in [-0.2, 0) is 0 Å². The van der Waals surface area contributed by atoms with Gasteiger partial charge in [-0.2, -0.15) is 11.3 Å². The highest BCUT2D eigenvalue weighted by atomic mass is 127. The molecule has 1 aromatic rings. The molecule has 2 unspecified atom stereocenters. The zero-order chi connectivity index (χ0) is 16.5. The van der Waals surface area contributed by atoms with Crippen molar-refractivity contribution in [1.29, 1.82) is 0 Å². The molecule has 0 amide bonds. The van der Waals surface area contributed by atoms with Crippen LogP contribution in [0.15, 0.2) is 21.8 Å². The zero-order valence-electron chi connectivity index (χ0n) is 15.3. The van der Waals surface area contributed by atoms with Gasteiger partial charge in [0.1, 0.15) is 0 Å². The molecule has 0 saturated carbocycles. The number of nitrogens with one attached hydrogen (secondary N) is 2. The summed E-state index contributed by atoms with van der Waals surface area (Å²) < 4.78 is 0. The molecule has 1 aromatic heterocycles. The van der Waals surface area contributed by atoms with E-state index in [-0.39, 0.29) is 24.0 Å². The van der Waals surface area contributed by atoms with Gasteiger partial charge in [0.15, 0.2) is 5.96 Å². The lowest BCUT2D eigenvalue weighted by Gasteiger charge is -2.27. The van der Waals surface area contributed by atoms with Gasteiger partial charge in [-0.25, -0.2) is 0 Å². The normalized spacial score (nSPS) is 14.5. The molecular weight excluding hydrogens is 419 g/mol. The number of rotatable bonds is 8. The Labute approximate surface area is 163 Å². The molecule has 23 heavy (non-hydrogen) atoms. The Morgan fingerprint density at radius 3 is 2.35 bits per heavy atom. The Hall–Kier alpha value is -0.340. The second-order valence-electron chi connectivity index (χ2n) is 6.54. The van der Waals surface area contributed by atoms with Gasteiger partial charge in [-0.15, -0.1) is 24.0 Å². The van der Waals surface area contributed by atoms with Crippen LogP contribution in [0.4, 0.5) is 0 Å². The summed E-state index contributed by atoms with van der Waals surface area (Å²) in [5, 5.41) is 11.2. The number of thiophene rings is 1. The van der Waals surface area contributed by atoms with Gasteiger partial charge >= 0.3 is 0 Å². The third kappa shape index (κ3) is 8.91. The maximum Gasteiger partial charge on any atom is 0.191 e. The fourth-order valence-corrected chi connectivity index (χ4v) is 3.16. The largest absolute Gasteiger partial charge is 0.356 e. The molecule has 0 aromatic carbocycles. The molecule has 0 spiro atoms. The van der Waals surface area contributed by atoms with E-state index in [9.17, 15) is 0 Å². The molecule has 6 heteroatoms. The van der Waals surface area contributed by atoms with Crippen LogP contribution in [-0.4, -0.2) is 51.1 Å². The molecule has 134 valence electrons. The minimum Gasteiger partial charge on any atom is -0.356 e. The highest BCUT2D eigenvalue weighted by Crippen LogP contribution is 2.17. The molecule has 0 fully saturated rings. The molecular formula is C17H33IN4S. The quantitative estimate of drug-likeness (QED) is 0.360. The van der Waals surface area contributed by atoms with Crippen LogP contribution in [0.25, 0.3) is 0 Å². The van der Waals surface area contributed by atoms with E-state index in [1.807, 2.05) is 7.05 Å². The maximum atomic E-state index is 4.33. The third-order valence-corrected chi connectivity index (χ3v) is 4.59. The minimum absolute atomic E-state index is 0. The third-order valence-electron chi connectivity index (χ3n) is 3.89. The van der Waals surface area contributed by atoms with Gasteiger partial charge in [-0.1, -0.05) is 20.8 Å². The molecule has 0 radical (unpaired) electrons. The summed E-state index contributed by atoms with van der Waals surface area (Å²) in [6.07, 6.45) is 1.18. The van der Waals surface area contributed by atoms with E-state index in [0.717, 1.165) is 19.0 Å². The molecule has 2 atom stereocenters. The van der Waals surface area contributed by atoms with Gasteiger partial charge in [0, 0.05) is 26.2 Å². The predicted octanol–water partition coefficient (Wildman–Crippen LogP) is 3.61. The minimum atomic E-state index is 0. The first-order valence-corrected chi connectivity index (χ1v) is 9.01. The van der Waals surface area contributed by atoms with E-state index < -0.39 is 0 Å². The SMILES string of the molecule is CN=C(NCC(C)c1ccsc1)NCC(CC(C)C)N(C)C.I. The fourth-order valence-electron chi connectivity index (χ4n) is 2.38. The second kappa shape index (κ2) is 12.1. The van der Waals surface area contributed by atoms with Gasteiger partial charge in [-0.05, 0) is 54.7 Å². The van der Waals surface area contributed by atoms with Crippen molar-refractivity contribution in [2.75, 3.05) is 34.2 Å². The van der Waals surface area contributed by atoms with Gasteiger partial charge in [0.05, 0.1) is 0 Å². The van der Waals surface area contributed by atoms with Crippen LogP contribution in [0.2, 0.25) is 0 Å². The number of likely N-dealkylation sites (N-methyl/N-ethyl adjacent to an activating group) is 1. The Bertz CT molecular complexity index is 432. The average molecular weight is 452 g/mol. The Morgan fingerprint density at radius 2 is 1.87 bits per heavy atom. The molecule has 1 rings (SSSR count). The number of halogens is 1. The van der Waals surface area contributed by atoms with E-state index in [2.05, 4.69) is 72.2 Å². The second-order valence-corrected chi connectivity index (χ2v) is 7.32. The number of hydrogen-bond acceptors (Lipinski definition) is 3. The number of aliphatic imine (C=N–C) groups is 1. The van der Waals surface area contributed by atoms with Gasteiger partial charge < -0.3 is 15.5 Å². The van der Waals surface area contributed by atoms with Crippen molar-refractivity contribution in [3.8, 4) is 0 Å². The fraction of sp³-hybridized carbons (Fsp3) is 0.706. The Kier molecular flexibility index (Phi) is 11.9.